The van der Waals surface area contributed by atoms with Gasteiger partial charge in [0.25, 0.3) is 0 Å². The van der Waals surface area contributed by atoms with E-state index in [0.717, 1.165) is 24.7 Å². The van der Waals surface area contributed by atoms with Crippen molar-refractivity contribution < 1.29 is 4.39 Å². The van der Waals surface area contributed by atoms with Crippen LogP contribution in [-0.4, -0.2) is 6.67 Å². The summed E-state index contributed by atoms with van der Waals surface area (Å²) in [6.07, 6.45) is 5.16. The van der Waals surface area contributed by atoms with Gasteiger partial charge in [0, 0.05) is 0 Å². The summed E-state index contributed by atoms with van der Waals surface area (Å²) in [7, 11) is 0. The van der Waals surface area contributed by atoms with Gasteiger partial charge in [-0.1, -0.05) is 25.5 Å². The van der Waals surface area contributed by atoms with E-state index in [1.165, 1.54) is 5.57 Å². The van der Waals surface area contributed by atoms with Crippen molar-refractivity contribution >= 4 is 0 Å². The third-order valence-corrected chi connectivity index (χ3v) is 2.75. The molecule has 0 aromatic carbocycles. The van der Waals surface area contributed by atoms with Gasteiger partial charge in [-0.2, -0.15) is 0 Å². The number of halogens is 1. The standard InChI is InChI=1S/C10H17F/c1-8-3-4-10(5-6-11)7-9(8)2/h4,8-9H,3,5-7H2,1-2H3. The molecule has 0 heterocycles. The van der Waals surface area contributed by atoms with Crippen LogP contribution in [0.1, 0.15) is 33.1 Å². The van der Waals surface area contributed by atoms with Crippen LogP contribution >= 0.6 is 0 Å². The monoisotopic (exact) mass is 156 g/mol. The number of hydrogen-bond acceptors (Lipinski definition) is 0. The Morgan fingerprint density at radius 3 is 2.73 bits per heavy atom. The highest BCUT2D eigenvalue weighted by Gasteiger charge is 2.17. The van der Waals surface area contributed by atoms with Gasteiger partial charge in [0.05, 0.1) is 6.67 Å². The summed E-state index contributed by atoms with van der Waals surface area (Å²) >= 11 is 0. The Kier molecular flexibility index (Phi) is 3.10. The molecule has 0 aromatic heterocycles. The molecule has 0 saturated heterocycles. The van der Waals surface area contributed by atoms with Crippen LogP contribution in [0.25, 0.3) is 0 Å². The lowest BCUT2D eigenvalue weighted by atomic mass is 9.81. The van der Waals surface area contributed by atoms with Crippen LogP contribution in [0.15, 0.2) is 11.6 Å². The van der Waals surface area contributed by atoms with E-state index in [9.17, 15) is 4.39 Å². The normalized spacial score (nSPS) is 31.7. The lowest BCUT2D eigenvalue weighted by Gasteiger charge is -2.25. The van der Waals surface area contributed by atoms with Crippen LogP contribution in [0.3, 0.4) is 0 Å². The van der Waals surface area contributed by atoms with E-state index >= 15 is 0 Å². The smallest absolute Gasteiger partial charge is 0.0931 e. The minimum absolute atomic E-state index is 0.188. The molecule has 2 atom stereocenters. The summed E-state index contributed by atoms with van der Waals surface area (Å²) in [6, 6.07) is 0. The first-order valence-corrected chi connectivity index (χ1v) is 4.48. The van der Waals surface area contributed by atoms with E-state index in [1.54, 1.807) is 0 Å². The highest BCUT2D eigenvalue weighted by atomic mass is 19.1. The first kappa shape index (κ1) is 8.76. The molecule has 1 heteroatoms. The number of allylic oxidation sites excluding steroid dienone is 2. The quantitative estimate of drug-likeness (QED) is 0.538. The van der Waals surface area contributed by atoms with Crippen LogP contribution in [-0.2, 0) is 0 Å². The van der Waals surface area contributed by atoms with E-state index in [2.05, 4.69) is 19.9 Å². The number of hydrogen-bond donors (Lipinski definition) is 0. The van der Waals surface area contributed by atoms with E-state index in [4.69, 9.17) is 0 Å². The van der Waals surface area contributed by atoms with Gasteiger partial charge in [0.1, 0.15) is 0 Å². The summed E-state index contributed by atoms with van der Waals surface area (Å²) in [5, 5.41) is 0. The summed E-state index contributed by atoms with van der Waals surface area (Å²) in [5.41, 5.74) is 1.33. The second-order valence-electron chi connectivity index (χ2n) is 3.70. The minimum Gasteiger partial charge on any atom is -0.251 e. The predicted molar refractivity (Wildman–Crippen MR) is 46.2 cm³/mol. The third kappa shape index (κ3) is 2.32. The fraction of sp³-hybridized carbons (Fsp3) is 0.800. The van der Waals surface area contributed by atoms with Crippen molar-refractivity contribution in [3.05, 3.63) is 11.6 Å². The number of rotatable bonds is 2. The lowest BCUT2D eigenvalue weighted by Crippen LogP contribution is -2.13. The summed E-state index contributed by atoms with van der Waals surface area (Å²) < 4.78 is 12.0. The van der Waals surface area contributed by atoms with Gasteiger partial charge in [-0.05, 0) is 31.1 Å². The first-order valence-electron chi connectivity index (χ1n) is 4.48. The molecule has 0 amide bonds. The molecule has 64 valence electrons. The third-order valence-electron chi connectivity index (χ3n) is 2.75. The maximum atomic E-state index is 12.0. The van der Waals surface area contributed by atoms with Crippen LogP contribution in [0, 0.1) is 11.8 Å². The molecule has 1 rings (SSSR count). The molecule has 0 fully saturated rings. The Balaban J connectivity index is 2.45. The van der Waals surface area contributed by atoms with Gasteiger partial charge < -0.3 is 0 Å². The fourth-order valence-electron chi connectivity index (χ4n) is 1.61. The lowest BCUT2D eigenvalue weighted by molar-refractivity contribution is 0.358. The average molecular weight is 156 g/mol. The zero-order valence-electron chi connectivity index (χ0n) is 7.44. The molecule has 0 spiro atoms. The molecule has 0 bridgehead atoms. The second-order valence-corrected chi connectivity index (χ2v) is 3.70. The van der Waals surface area contributed by atoms with Crippen LogP contribution in [0.2, 0.25) is 0 Å². The maximum absolute atomic E-state index is 12.0. The van der Waals surface area contributed by atoms with Crippen molar-refractivity contribution in [2.24, 2.45) is 11.8 Å². The highest BCUT2D eigenvalue weighted by Crippen LogP contribution is 2.30. The Hall–Kier alpha value is -0.330. The minimum atomic E-state index is -0.188. The molecule has 1 aliphatic rings. The predicted octanol–water partition coefficient (Wildman–Crippen LogP) is 3.34. The van der Waals surface area contributed by atoms with Crippen LogP contribution in [0.4, 0.5) is 4.39 Å². The van der Waals surface area contributed by atoms with Crippen molar-refractivity contribution in [1.29, 1.82) is 0 Å². The first-order chi connectivity index (χ1) is 5.24. The molecule has 0 aromatic rings. The maximum Gasteiger partial charge on any atom is 0.0931 e. The molecule has 0 saturated carbocycles. The topological polar surface area (TPSA) is 0 Å². The molecular formula is C10H17F. The summed E-state index contributed by atoms with van der Waals surface area (Å²) in [4.78, 5) is 0. The van der Waals surface area contributed by atoms with Crippen molar-refractivity contribution in [1.82, 2.24) is 0 Å². The van der Waals surface area contributed by atoms with Crippen LogP contribution in [0.5, 0.6) is 0 Å². The Bertz CT molecular complexity index is 149. The molecule has 0 radical (unpaired) electrons. The van der Waals surface area contributed by atoms with Gasteiger partial charge in [0.15, 0.2) is 0 Å². The zero-order chi connectivity index (χ0) is 8.27. The van der Waals surface area contributed by atoms with Crippen molar-refractivity contribution in [3.63, 3.8) is 0 Å². The average Bonchev–Trinajstić information content (AvgIpc) is 1.98. The molecule has 0 nitrogen and oxygen atoms in total. The van der Waals surface area contributed by atoms with Gasteiger partial charge in [0.2, 0.25) is 0 Å². The van der Waals surface area contributed by atoms with E-state index < -0.39 is 0 Å². The van der Waals surface area contributed by atoms with E-state index in [-0.39, 0.29) is 6.67 Å². The van der Waals surface area contributed by atoms with Crippen molar-refractivity contribution in [3.8, 4) is 0 Å². The zero-order valence-corrected chi connectivity index (χ0v) is 7.44. The van der Waals surface area contributed by atoms with Gasteiger partial charge in [-0.15, -0.1) is 0 Å². The summed E-state index contributed by atoms with van der Waals surface area (Å²) in [6.45, 7) is 4.34. The van der Waals surface area contributed by atoms with Gasteiger partial charge in [-0.3, -0.25) is 4.39 Å². The van der Waals surface area contributed by atoms with Crippen molar-refractivity contribution in [2.45, 2.75) is 33.1 Å². The fourth-order valence-corrected chi connectivity index (χ4v) is 1.61. The van der Waals surface area contributed by atoms with Gasteiger partial charge >= 0.3 is 0 Å². The summed E-state index contributed by atoms with van der Waals surface area (Å²) in [5.74, 6) is 1.54. The van der Waals surface area contributed by atoms with E-state index in [1.807, 2.05) is 0 Å². The number of alkyl halides is 1. The van der Waals surface area contributed by atoms with Crippen molar-refractivity contribution in [2.75, 3.05) is 6.67 Å². The SMILES string of the molecule is CC1CC=C(CCF)CC1C. The van der Waals surface area contributed by atoms with Crippen LogP contribution < -0.4 is 0 Å². The largest absolute Gasteiger partial charge is 0.251 e. The Morgan fingerprint density at radius 1 is 1.45 bits per heavy atom. The second kappa shape index (κ2) is 3.89. The molecule has 0 N–H and O–H groups in total. The van der Waals surface area contributed by atoms with E-state index in [0.29, 0.717) is 6.42 Å². The van der Waals surface area contributed by atoms with Gasteiger partial charge in [-0.25, -0.2) is 0 Å². The molecule has 0 aliphatic heterocycles. The molecule has 11 heavy (non-hydrogen) atoms. The highest BCUT2D eigenvalue weighted by molar-refractivity contribution is 5.07. The molecule has 1 aliphatic carbocycles. The Labute approximate surface area is 68.5 Å². The molecule has 2 unspecified atom stereocenters. The Morgan fingerprint density at radius 2 is 2.18 bits per heavy atom. The molecular weight excluding hydrogens is 139 g/mol.